The average Bonchev–Trinajstić information content (AvgIpc) is 2.45. The van der Waals surface area contributed by atoms with E-state index < -0.39 is 11.6 Å². The lowest BCUT2D eigenvalue weighted by Gasteiger charge is -2.29. The highest BCUT2D eigenvalue weighted by atomic mass is 19.2. The number of amides is 1. The highest BCUT2D eigenvalue weighted by molar-refractivity contribution is 5.78. The number of benzene rings is 1. The van der Waals surface area contributed by atoms with Gasteiger partial charge in [-0.2, -0.15) is 0 Å². The molecule has 0 unspecified atom stereocenters. The van der Waals surface area contributed by atoms with Crippen molar-refractivity contribution in [3.05, 3.63) is 35.4 Å². The Bertz CT molecular complexity index is 485. The molecular weight excluding hydrogens is 274 g/mol. The molecule has 1 aliphatic carbocycles. The fourth-order valence-electron chi connectivity index (χ4n) is 2.84. The number of hydrogen-bond acceptors (Lipinski definition) is 2. The standard InChI is InChI=1S/C16H22F2N2O/c1-2-19-12-4-6-13(7-5-12)20-16(21)10-11-3-8-14(17)15(18)9-11/h3,8-9,12-13,19H,2,4-7,10H2,1H3,(H,20,21). The van der Waals surface area contributed by atoms with Gasteiger partial charge in [-0.15, -0.1) is 0 Å². The molecule has 2 rings (SSSR count). The van der Waals surface area contributed by atoms with Crippen LogP contribution < -0.4 is 10.6 Å². The molecule has 2 N–H and O–H groups in total. The lowest BCUT2D eigenvalue weighted by atomic mass is 9.91. The van der Waals surface area contributed by atoms with Gasteiger partial charge >= 0.3 is 0 Å². The second-order valence-corrected chi connectivity index (χ2v) is 5.60. The Hall–Kier alpha value is -1.49. The molecule has 5 heteroatoms. The molecule has 0 aromatic heterocycles. The maximum absolute atomic E-state index is 13.1. The molecule has 116 valence electrons. The van der Waals surface area contributed by atoms with Crippen molar-refractivity contribution in [2.75, 3.05) is 6.54 Å². The molecule has 0 radical (unpaired) electrons. The first-order valence-corrected chi connectivity index (χ1v) is 7.55. The predicted octanol–water partition coefficient (Wildman–Crippen LogP) is 2.54. The summed E-state index contributed by atoms with van der Waals surface area (Å²) in [6, 6.07) is 4.32. The molecule has 1 aromatic rings. The van der Waals surface area contributed by atoms with Crippen LogP contribution in [0, 0.1) is 11.6 Å². The van der Waals surface area contributed by atoms with Gasteiger partial charge in [-0.25, -0.2) is 8.78 Å². The van der Waals surface area contributed by atoms with Crippen LogP contribution >= 0.6 is 0 Å². The monoisotopic (exact) mass is 296 g/mol. The van der Waals surface area contributed by atoms with E-state index >= 15 is 0 Å². The van der Waals surface area contributed by atoms with E-state index in [1.165, 1.54) is 6.07 Å². The summed E-state index contributed by atoms with van der Waals surface area (Å²) in [6.07, 6.45) is 4.13. The number of hydrogen-bond donors (Lipinski definition) is 2. The zero-order valence-corrected chi connectivity index (χ0v) is 12.3. The predicted molar refractivity (Wildman–Crippen MR) is 77.9 cm³/mol. The van der Waals surface area contributed by atoms with E-state index in [0.717, 1.165) is 44.4 Å². The molecule has 0 bridgehead atoms. The first-order chi connectivity index (χ1) is 10.1. The van der Waals surface area contributed by atoms with Crippen molar-refractivity contribution >= 4 is 5.91 Å². The molecule has 3 nitrogen and oxygen atoms in total. The Morgan fingerprint density at radius 3 is 2.43 bits per heavy atom. The lowest BCUT2D eigenvalue weighted by Crippen LogP contribution is -2.42. The Morgan fingerprint density at radius 1 is 1.14 bits per heavy atom. The van der Waals surface area contributed by atoms with E-state index in [1.807, 2.05) is 0 Å². The van der Waals surface area contributed by atoms with Crippen LogP contribution in [-0.2, 0) is 11.2 Å². The summed E-state index contributed by atoms with van der Waals surface area (Å²) in [7, 11) is 0. The first-order valence-electron chi connectivity index (χ1n) is 7.55. The molecule has 0 aliphatic heterocycles. The molecular formula is C16H22F2N2O. The number of carbonyl (C=O) groups excluding carboxylic acids is 1. The van der Waals surface area contributed by atoms with Crippen LogP contribution in [0.3, 0.4) is 0 Å². The highest BCUT2D eigenvalue weighted by Crippen LogP contribution is 2.18. The summed E-state index contributed by atoms with van der Waals surface area (Å²) in [5.41, 5.74) is 0.493. The van der Waals surface area contributed by atoms with Crippen molar-refractivity contribution in [1.29, 1.82) is 0 Å². The second-order valence-electron chi connectivity index (χ2n) is 5.60. The van der Waals surface area contributed by atoms with E-state index in [0.29, 0.717) is 11.6 Å². The van der Waals surface area contributed by atoms with E-state index in [2.05, 4.69) is 17.6 Å². The van der Waals surface area contributed by atoms with Crippen molar-refractivity contribution in [1.82, 2.24) is 10.6 Å². The van der Waals surface area contributed by atoms with Crippen LogP contribution in [0.25, 0.3) is 0 Å². The van der Waals surface area contributed by atoms with Crippen molar-refractivity contribution < 1.29 is 13.6 Å². The third kappa shape index (κ3) is 4.77. The van der Waals surface area contributed by atoms with Gasteiger partial charge in [0, 0.05) is 12.1 Å². The Labute approximate surface area is 124 Å². The molecule has 0 saturated heterocycles. The van der Waals surface area contributed by atoms with Crippen molar-refractivity contribution in [3.63, 3.8) is 0 Å². The lowest BCUT2D eigenvalue weighted by molar-refractivity contribution is -0.121. The van der Waals surface area contributed by atoms with Gasteiger partial charge in [0.05, 0.1) is 6.42 Å². The largest absolute Gasteiger partial charge is 0.353 e. The summed E-state index contributed by atoms with van der Waals surface area (Å²) >= 11 is 0. The van der Waals surface area contributed by atoms with E-state index in [1.54, 1.807) is 0 Å². The SMILES string of the molecule is CCNC1CCC(NC(=O)Cc2ccc(F)c(F)c2)CC1. The Kier molecular flexibility index (Phi) is 5.67. The van der Waals surface area contributed by atoms with Gasteiger partial charge in [0.25, 0.3) is 0 Å². The van der Waals surface area contributed by atoms with Gasteiger partial charge in [-0.05, 0) is 49.9 Å². The summed E-state index contributed by atoms with van der Waals surface area (Å²) in [5, 5.41) is 6.40. The number of rotatable bonds is 5. The summed E-state index contributed by atoms with van der Waals surface area (Å²) < 4.78 is 25.9. The minimum atomic E-state index is -0.911. The molecule has 1 saturated carbocycles. The van der Waals surface area contributed by atoms with Crippen LogP contribution in [0.4, 0.5) is 8.78 Å². The van der Waals surface area contributed by atoms with Gasteiger partial charge in [-0.1, -0.05) is 13.0 Å². The molecule has 1 aliphatic rings. The summed E-state index contributed by atoms with van der Waals surface area (Å²) in [4.78, 5) is 11.9. The minimum Gasteiger partial charge on any atom is -0.353 e. The Balaban J connectivity index is 1.78. The average molecular weight is 296 g/mol. The molecule has 1 amide bonds. The topological polar surface area (TPSA) is 41.1 Å². The molecule has 1 fully saturated rings. The normalized spacial score (nSPS) is 22.0. The first kappa shape index (κ1) is 15.9. The summed E-state index contributed by atoms with van der Waals surface area (Å²) in [6.45, 7) is 3.06. The molecule has 1 aromatic carbocycles. The van der Waals surface area contributed by atoms with Crippen LogP contribution in [-0.4, -0.2) is 24.5 Å². The van der Waals surface area contributed by atoms with E-state index in [9.17, 15) is 13.6 Å². The molecule has 0 heterocycles. The minimum absolute atomic E-state index is 0.0876. The third-order valence-corrected chi connectivity index (χ3v) is 3.93. The van der Waals surface area contributed by atoms with Crippen LogP contribution in [0.5, 0.6) is 0 Å². The van der Waals surface area contributed by atoms with Gasteiger partial charge in [-0.3, -0.25) is 4.79 Å². The molecule has 0 atom stereocenters. The zero-order valence-electron chi connectivity index (χ0n) is 12.3. The maximum Gasteiger partial charge on any atom is 0.224 e. The summed E-state index contributed by atoms with van der Waals surface area (Å²) in [5.74, 6) is -1.93. The van der Waals surface area contributed by atoms with Crippen LogP contribution in [0.2, 0.25) is 0 Å². The highest BCUT2D eigenvalue weighted by Gasteiger charge is 2.21. The van der Waals surface area contributed by atoms with Gasteiger partial charge in [0.2, 0.25) is 5.91 Å². The number of halogens is 2. The van der Waals surface area contributed by atoms with E-state index in [-0.39, 0.29) is 18.4 Å². The van der Waals surface area contributed by atoms with Gasteiger partial charge in [0.1, 0.15) is 0 Å². The van der Waals surface area contributed by atoms with E-state index in [4.69, 9.17) is 0 Å². The van der Waals surface area contributed by atoms with Crippen LogP contribution in [0.15, 0.2) is 18.2 Å². The van der Waals surface area contributed by atoms with Crippen molar-refractivity contribution in [2.45, 2.75) is 51.1 Å². The molecule has 0 spiro atoms. The van der Waals surface area contributed by atoms with Crippen molar-refractivity contribution in [3.8, 4) is 0 Å². The van der Waals surface area contributed by atoms with Gasteiger partial charge < -0.3 is 10.6 Å². The molecule has 21 heavy (non-hydrogen) atoms. The fourth-order valence-corrected chi connectivity index (χ4v) is 2.84. The van der Waals surface area contributed by atoms with Crippen molar-refractivity contribution in [2.24, 2.45) is 0 Å². The maximum atomic E-state index is 13.1. The zero-order chi connectivity index (χ0) is 15.2. The third-order valence-electron chi connectivity index (χ3n) is 3.93. The second kappa shape index (κ2) is 7.50. The van der Waals surface area contributed by atoms with Crippen LogP contribution in [0.1, 0.15) is 38.2 Å². The Morgan fingerprint density at radius 2 is 1.81 bits per heavy atom. The fraction of sp³-hybridized carbons (Fsp3) is 0.562. The van der Waals surface area contributed by atoms with Gasteiger partial charge in [0.15, 0.2) is 11.6 Å². The number of nitrogens with one attached hydrogen (secondary N) is 2. The quantitative estimate of drug-likeness (QED) is 0.877. The number of carbonyl (C=O) groups is 1. The smallest absolute Gasteiger partial charge is 0.224 e.